The molecule has 1 fully saturated rings. The fraction of sp³-hybridized carbons (Fsp3) is 0.300. The highest BCUT2D eigenvalue weighted by atomic mass is 32.1. The molecule has 3 aromatic rings. The summed E-state index contributed by atoms with van der Waals surface area (Å²) in [5, 5.41) is 3.04. The van der Waals surface area contributed by atoms with Crippen LogP contribution in [0.25, 0.3) is 10.2 Å². The number of hydrogen-bond donors (Lipinski definition) is 1. The molecule has 4 rings (SSSR count). The number of carbonyl (C=O) groups excluding carboxylic acids is 1. The fourth-order valence-corrected chi connectivity index (χ4v) is 4.49. The van der Waals surface area contributed by atoms with Crippen LogP contribution >= 0.6 is 11.3 Å². The number of piperidine rings is 1. The SMILES string of the molecule is O=C(Nc1ccccc1C(F)(F)F)C1CCCN(c2nc3c(F)cccc3s2)C1. The lowest BCUT2D eigenvalue weighted by Gasteiger charge is -2.31. The zero-order chi connectivity index (χ0) is 20.6. The first-order valence-corrected chi connectivity index (χ1v) is 9.91. The predicted octanol–water partition coefficient (Wildman–Crippen LogP) is 5.31. The number of hydrogen-bond acceptors (Lipinski definition) is 4. The Hall–Kier alpha value is -2.68. The number of benzene rings is 2. The number of fused-ring (bicyclic) bond motifs is 1. The Kier molecular flexibility index (Phi) is 5.16. The molecule has 1 N–H and O–H groups in total. The number of nitrogens with zero attached hydrogens (tertiary/aromatic N) is 2. The first kappa shape index (κ1) is 19.6. The molecular formula is C20H17F4N3OS. The average Bonchev–Trinajstić information content (AvgIpc) is 3.13. The maximum atomic E-state index is 13.9. The lowest BCUT2D eigenvalue weighted by Crippen LogP contribution is -2.40. The van der Waals surface area contributed by atoms with E-state index in [1.165, 1.54) is 35.6 Å². The second kappa shape index (κ2) is 7.62. The van der Waals surface area contributed by atoms with Gasteiger partial charge in [0.2, 0.25) is 5.91 Å². The van der Waals surface area contributed by atoms with Crippen LogP contribution < -0.4 is 10.2 Å². The van der Waals surface area contributed by atoms with Crippen LogP contribution in [0.4, 0.5) is 28.4 Å². The molecule has 2 aromatic carbocycles. The third-order valence-electron chi connectivity index (χ3n) is 4.91. The van der Waals surface area contributed by atoms with E-state index in [9.17, 15) is 22.4 Å². The number of halogens is 4. The van der Waals surface area contributed by atoms with E-state index in [4.69, 9.17) is 0 Å². The molecule has 0 bridgehead atoms. The number of para-hydroxylation sites is 2. The molecule has 152 valence electrons. The van der Waals surface area contributed by atoms with E-state index in [1.807, 2.05) is 4.90 Å². The molecule has 4 nitrogen and oxygen atoms in total. The zero-order valence-electron chi connectivity index (χ0n) is 15.2. The molecule has 1 aliphatic rings. The average molecular weight is 423 g/mol. The maximum Gasteiger partial charge on any atom is 0.418 e. The summed E-state index contributed by atoms with van der Waals surface area (Å²) in [6.45, 7) is 0.978. The third-order valence-corrected chi connectivity index (χ3v) is 5.99. The van der Waals surface area contributed by atoms with Crippen molar-refractivity contribution in [2.24, 2.45) is 5.92 Å². The van der Waals surface area contributed by atoms with Crippen molar-refractivity contribution in [3.63, 3.8) is 0 Å². The Morgan fingerprint density at radius 3 is 2.72 bits per heavy atom. The van der Waals surface area contributed by atoms with Gasteiger partial charge in [0.15, 0.2) is 5.13 Å². The van der Waals surface area contributed by atoms with Crippen LogP contribution in [0.15, 0.2) is 42.5 Å². The summed E-state index contributed by atoms with van der Waals surface area (Å²) < 4.78 is 54.1. The van der Waals surface area contributed by atoms with Crippen molar-refractivity contribution in [3.05, 3.63) is 53.8 Å². The van der Waals surface area contributed by atoms with E-state index in [0.717, 1.165) is 6.07 Å². The minimum Gasteiger partial charge on any atom is -0.347 e. The van der Waals surface area contributed by atoms with Gasteiger partial charge in [0.25, 0.3) is 0 Å². The van der Waals surface area contributed by atoms with Gasteiger partial charge in [-0.3, -0.25) is 4.79 Å². The van der Waals surface area contributed by atoms with Gasteiger partial charge in [-0.2, -0.15) is 13.2 Å². The first-order valence-electron chi connectivity index (χ1n) is 9.10. The zero-order valence-corrected chi connectivity index (χ0v) is 16.0. The molecule has 9 heteroatoms. The molecule has 29 heavy (non-hydrogen) atoms. The molecule has 2 heterocycles. The summed E-state index contributed by atoms with van der Waals surface area (Å²) in [6, 6.07) is 9.67. The van der Waals surface area contributed by atoms with E-state index < -0.39 is 29.4 Å². The lowest BCUT2D eigenvalue weighted by molar-refractivity contribution is -0.137. The summed E-state index contributed by atoms with van der Waals surface area (Å²) in [6.07, 6.45) is -3.29. The molecule has 0 spiro atoms. The van der Waals surface area contributed by atoms with Crippen molar-refractivity contribution in [2.45, 2.75) is 19.0 Å². The minimum atomic E-state index is -4.55. The second-order valence-electron chi connectivity index (χ2n) is 6.90. The fourth-order valence-electron chi connectivity index (χ4n) is 3.48. The van der Waals surface area contributed by atoms with Crippen molar-refractivity contribution in [1.82, 2.24) is 4.98 Å². The van der Waals surface area contributed by atoms with Gasteiger partial charge in [-0.15, -0.1) is 0 Å². The van der Waals surface area contributed by atoms with Crippen LogP contribution in [0.3, 0.4) is 0 Å². The number of alkyl halides is 3. The molecule has 1 saturated heterocycles. The van der Waals surface area contributed by atoms with E-state index >= 15 is 0 Å². The van der Waals surface area contributed by atoms with Gasteiger partial charge in [-0.05, 0) is 37.1 Å². The number of nitrogens with one attached hydrogen (secondary N) is 1. The smallest absolute Gasteiger partial charge is 0.347 e. The summed E-state index contributed by atoms with van der Waals surface area (Å²) in [5.41, 5.74) is -0.829. The molecule has 1 aromatic heterocycles. The van der Waals surface area contributed by atoms with Crippen LogP contribution in [-0.4, -0.2) is 24.0 Å². The van der Waals surface area contributed by atoms with Crippen LogP contribution in [0.2, 0.25) is 0 Å². The third kappa shape index (κ3) is 4.05. The number of carbonyl (C=O) groups is 1. The van der Waals surface area contributed by atoms with Gasteiger partial charge < -0.3 is 10.2 Å². The minimum absolute atomic E-state index is 0.246. The van der Waals surface area contributed by atoms with Crippen molar-refractivity contribution in [2.75, 3.05) is 23.3 Å². The molecule has 1 amide bonds. The Morgan fingerprint density at radius 1 is 1.17 bits per heavy atom. The molecule has 0 radical (unpaired) electrons. The molecule has 1 atom stereocenters. The van der Waals surface area contributed by atoms with Gasteiger partial charge >= 0.3 is 6.18 Å². The Balaban J connectivity index is 1.51. The largest absolute Gasteiger partial charge is 0.418 e. The van der Waals surface area contributed by atoms with Crippen molar-refractivity contribution < 1.29 is 22.4 Å². The van der Waals surface area contributed by atoms with Crippen molar-refractivity contribution in [1.29, 1.82) is 0 Å². The number of aromatic nitrogens is 1. The van der Waals surface area contributed by atoms with E-state index in [0.29, 0.717) is 35.8 Å². The Bertz CT molecular complexity index is 1050. The van der Waals surface area contributed by atoms with E-state index in [-0.39, 0.29) is 11.2 Å². The summed E-state index contributed by atoms with van der Waals surface area (Å²) in [7, 11) is 0. The van der Waals surface area contributed by atoms with Crippen LogP contribution in [0.1, 0.15) is 18.4 Å². The van der Waals surface area contributed by atoms with Crippen LogP contribution in [0.5, 0.6) is 0 Å². The summed E-state index contributed by atoms with van der Waals surface area (Å²) in [4.78, 5) is 18.9. The summed E-state index contributed by atoms with van der Waals surface area (Å²) >= 11 is 1.34. The van der Waals surface area contributed by atoms with Gasteiger partial charge in [0, 0.05) is 13.1 Å². The van der Waals surface area contributed by atoms with Crippen LogP contribution in [-0.2, 0) is 11.0 Å². The van der Waals surface area contributed by atoms with Gasteiger partial charge in [-0.25, -0.2) is 9.37 Å². The second-order valence-corrected chi connectivity index (χ2v) is 7.91. The van der Waals surface area contributed by atoms with Crippen molar-refractivity contribution >= 4 is 38.3 Å². The quantitative estimate of drug-likeness (QED) is 0.581. The number of thiazole rings is 1. The lowest BCUT2D eigenvalue weighted by atomic mass is 9.97. The predicted molar refractivity (Wildman–Crippen MR) is 105 cm³/mol. The number of amides is 1. The van der Waals surface area contributed by atoms with Gasteiger partial charge in [0.1, 0.15) is 11.3 Å². The van der Waals surface area contributed by atoms with Gasteiger partial charge in [0.05, 0.1) is 21.9 Å². The Labute approximate surface area is 168 Å². The molecule has 0 aliphatic carbocycles. The van der Waals surface area contributed by atoms with Crippen molar-refractivity contribution in [3.8, 4) is 0 Å². The highest BCUT2D eigenvalue weighted by Crippen LogP contribution is 2.36. The number of rotatable bonds is 3. The number of anilines is 2. The molecule has 0 saturated carbocycles. The molecule has 1 unspecified atom stereocenters. The monoisotopic (exact) mass is 423 g/mol. The normalized spacial score (nSPS) is 17.5. The highest BCUT2D eigenvalue weighted by molar-refractivity contribution is 7.22. The topological polar surface area (TPSA) is 45.2 Å². The molecular weight excluding hydrogens is 406 g/mol. The Morgan fingerprint density at radius 2 is 1.97 bits per heavy atom. The van der Waals surface area contributed by atoms with Gasteiger partial charge in [-0.1, -0.05) is 29.5 Å². The highest BCUT2D eigenvalue weighted by Gasteiger charge is 2.35. The van der Waals surface area contributed by atoms with Crippen LogP contribution in [0, 0.1) is 11.7 Å². The van der Waals surface area contributed by atoms with E-state index in [2.05, 4.69) is 10.3 Å². The molecule has 1 aliphatic heterocycles. The summed E-state index contributed by atoms with van der Waals surface area (Å²) in [5.74, 6) is -1.35. The van der Waals surface area contributed by atoms with E-state index in [1.54, 1.807) is 12.1 Å². The first-order chi connectivity index (χ1) is 13.8. The standard InChI is InChI=1S/C20H17F4N3OS/c21-14-7-3-9-16-17(14)26-19(29-16)27-10-4-5-12(11-27)18(28)25-15-8-2-1-6-13(15)20(22,23)24/h1-3,6-9,12H,4-5,10-11H2,(H,25,28). The maximum absolute atomic E-state index is 13.9.